The number of anilines is 3. The van der Waals surface area contributed by atoms with Gasteiger partial charge in [-0.1, -0.05) is 38.1 Å². The average molecular weight is 631 g/mol. The summed E-state index contributed by atoms with van der Waals surface area (Å²) in [4.78, 5) is 48.6. The number of urea groups is 4. The van der Waals surface area contributed by atoms with Gasteiger partial charge in [-0.15, -0.1) is 0 Å². The highest BCUT2D eigenvalue weighted by Gasteiger charge is 2.22. The molecule has 0 atom stereocenters. The van der Waals surface area contributed by atoms with Crippen LogP contribution in [-0.2, 0) is 13.0 Å². The van der Waals surface area contributed by atoms with E-state index in [4.69, 9.17) is 5.11 Å². The van der Waals surface area contributed by atoms with E-state index in [1.807, 2.05) is 50.2 Å². The summed E-state index contributed by atoms with van der Waals surface area (Å²) in [6.45, 7) is 5.27. The molecule has 0 unspecified atom stereocenters. The molecule has 13 nitrogen and oxygen atoms in total. The van der Waals surface area contributed by atoms with Gasteiger partial charge in [-0.05, 0) is 82.5 Å². The Balaban J connectivity index is 1.18. The second-order valence-corrected chi connectivity index (χ2v) is 11.8. The highest BCUT2D eigenvalue weighted by molar-refractivity contribution is 5.92. The summed E-state index contributed by atoms with van der Waals surface area (Å²) in [6.07, 6.45) is 1.19. The normalized spacial score (nSPS) is 11.4. The molecule has 0 aliphatic heterocycles. The molecule has 244 valence electrons. The summed E-state index contributed by atoms with van der Waals surface area (Å²) in [7, 11) is 1.57. The second kappa shape index (κ2) is 15.6. The number of hydrogen-bond acceptors (Lipinski definition) is 5. The number of carbonyl (C=O) groups is 4. The Hall–Kier alpha value is -5.30. The van der Waals surface area contributed by atoms with Crippen LogP contribution in [0.3, 0.4) is 0 Å². The van der Waals surface area contributed by atoms with Gasteiger partial charge in [-0.25, -0.2) is 19.2 Å². The summed E-state index contributed by atoms with van der Waals surface area (Å²) < 4.78 is 0. The zero-order valence-corrected chi connectivity index (χ0v) is 26.3. The van der Waals surface area contributed by atoms with E-state index in [9.17, 15) is 19.2 Å². The van der Waals surface area contributed by atoms with Crippen LogP contribution in [-0.4, -0.2) is 62.5 Å². The number of nitrogens with one attached hydrogen (secondary N) is 8. The van der Waals surface area contributed by atoms with Crippen molar-refractivity contribution in [3.05, 3.63) is 77.4 Å². The van der Waals surface area contributed by atoms with Crippen LogP contribution in [0, 0.1) is 5.41 Å². The molecule has 8 amide bonds. The summed E-state index contributed by atoms with van der Waals surface area (Å²) in [6, 6.07) is 17.4. The van der Waals surface area contributed by atoms with Gasteiger partial charge in [0.2, 0.25) is 0 Å². The van der Waals surface area contributed by atoms with Crippen LogP contribution < -0.4 is 42.5 Å². The Kier molecular flexibility index (Phi) is 11.4. The van der Waals surface area contributed by atoms with E-state index >= 15 is 0 Å². The first kappa shape index (κ1) is 33.6. The molecule has 0 spiro atoms. The van der Waals surface area contributed by atoms with Crippen LogP contribution in [0.15, 0.2) is 60.7 Å². The molecule has 0 saturated carbocycles. The minimum absolute atomic E-state index is 0.0194. The number of hydrogen-bond donors (Lipinski definition) is 9. The summed E-state index contributed by atoms with van der Waals surface area (Å²) >= 11 is 0. The lowest BCUT2D eigenvalue weighted by molar-refractivity contribution is 0.237. The van der Waals surface area contributed by atoms with Crippen LogP contribution in [0.25, 0.3) is 11.1 Å². The van der Waals surface area contributed by atoms with E-state index < -0.39 is 5.41 Å². The monoisotopic (exact) mass is 630 g/mol. The molecule has 0 saturated heterocycles. The number of amides is 8. The highest BCUT2D eigenvalue weighted by atomic mass is 16.3. The van der Waals surface area contributed by atoms with Gasteiger partial charge >= 0.3 is 24.1 Å². The maximum Gasteiger partial charge on any atom is 0.319 e. The maximum atomic E-state index is 12.7. The Labute approximate surface area is 268 Å². The van der Waals surface area contributed by atoms with Crippen molar-refractivity contribution in [1.29, 1.82) is 0 Å². The zero-order valence-electron chi connectivity index (χ0n) is 26.3. The number of rotatable bonds is 12. The fraction of sp³-hybridized carbons (Fsp3) is 0.333. The third-order valence-corrected chi connectivity index (χ3v) is 7.36. The minimum Gasteiger partial charge on any atom is -0.396 e. The number of carbonyl (C=O) groups excluding carboxylic acids is 4. The molecule has 9 N–H and O–H groups in total. The van der Waals surface area contributed by atoms with Crippen molar-refractivity contribution in [2.45, 2.75) is 33.2 Å². The molecule has 13 heteroatoms. The number of fused-ring (bicyclic) bond motifs is 3. The second-order valence-electron chi connectivity index (χ2n) is 11.8. The van der Waals surface area contributed by atoms with Crippen LogP contribution in [0.4, 0.5) is 36.2 Å². The highest BCUT2D eigenvalue weighted by Crippen LogP contribution is 2.39. The van der Waals surface area contributed by atoms with E-state index in [1.54, 1.807) is 31.3 Å². The van der Waals surface area contributed by atoms with Gasteiger partial charge in [-0.3, -0.25) is 0 Å². The topological polar surface area (TPSA) is 185 Å². The van der Waals surface area contributed by atoms with E-state index in [2.05, 4.69) is 42.5 Å². The first-order valence-corrected chi connectivity index (χ1v) is 15.1. The molecule has 4 rings (SSSR count). The first-order chi connectivity index (χ1) is 22.0. The van der Waals surface area contributed by atoms with Crippen LogP contribution in [0.2, 0.25) is 0 Å². The fourth-order valence-electron chi connectivity index (χ4n) is 4.84. The Morgan fingerprint density at radius 3 is 1.74 bits per heavy atom. The molecule has 1 aliphatic rings. The summed E-state index contributed by atoms with van der Waals surface area (Å²) in [5.41, 5.74) is 6.82. The van der Waals surface area contributed by atoms with Gasteiger partial charge in [0.15, 0.2) is 0 Å². The molecule has 46 heavy (non-hydrogen) atoms. The molecular formula is C33H42N8O5. The zero-order chi connectivity index (χ0) is 33.1. The van der Waals surface area contributed by atoms with Crippen molar-refractivity contribution in [2.75, 3.05) is 49.2 Å². The molecule has 0 heterocycles. The maximum absolute atomic E-state index is 12.7. The molecule has 0 fully saturated rings. The lowest BCUT2D eigenvalue weighted by atomic mass is 9.93. The number of aliphatic hydroxyl groups is 1. The Bertz CT molecular complexity index is 1560. The van der Waals surface area contributed by atoms with Crippen molar-refractivity contribution in [2.24, 2.45) is 5.41 Å². The summed E-state index contributed by atoms with van der Waals surface area (Å²) in [5.74, 6) is 0. The van der Waals surface area contributed by atoms with Gasteiger partial charge in [-0.2, -0.15) is 0 Å². The van der Waals surface area contributed by atoms with Crippen LogP contribution in [0.5, 0.6) is 0 Å². The first-order valence-electron chi connectivity index (χ1n) is 15.1. The van der Waals surface area contributed by atoms with Gasteiger partial charge in [0.25, 0.3) is 0 Å². The lowest BCUT2D eigenvalue weighted by Crippen LogP contribution is -2.44. The van der Waals surface area contributed by atoms with Gasteiger partial charge in [0, 0.05) is 56.9 Å². The van der Waals surface area contributed by atoms with Crippen molar-refractivity contribution in [3.63, 3.8) is 0 Å². The largest absolute Gasteiger partial charge is 0.396 e. The third kappa shape index (κ3) is 9.86. The number of benzene rings is 3. The van der Waals surface area contributed by atoms with E-state index in [0.29, 0.717) is 50.4 Å². The van der Waals surface area contributed by atoms with Crippen molar-refractivity contribution < 1.29 is 24.3 Å². The molecule has 3 aromatic rings. The van der Waals surface area contributed by atoms with E-state index in [0.717, 1.165) is 33.5 Å². The fourth-order valence-corrected chi connectivity index (χ4v) is 4.84. The van der Waals surface area contributed by atoms with E-state index in [-0.39, 0.29) is 30.7 Å². The molecule has 0 bridgehead atoms. The van der Waals surface area contributed by atoms with E-state index in [1.165, 1.54) is 0 Å². The quantitative estimate of drug-likeness (QED) is 0.106. The third-order valence-electron chi connectivity index (χ3n) is 7.36. The molecular weight excluding hydrogens is 588 g/mol. The standard InChI is InChI=1S/C33H42N8O5/c1-33(2,19-37-31(45)39-24-7-5-21(6-8-24)18-36-30(44)35-13-4-14-42)20-38-32(46)41-26-10-12-28-23(17-26)15-22-16-25(9-11-27(22)28)40-29(43)34-3/h5-12,16-17,42H,4,13-15,18-20H2,1-3H3,(H2,34,40,43)(H2,35,36,44)(H2,37,39,45)(H2,38,41,46). The van der Waals surface area contributed by atoms with Gasteiger partial charge in [0.05, 0.1) is 0 Å². The molecule has 3 aromatic carbocycles. The van der Waals surface area contributed by atoms with Gasteiger partial charge < -0.3 is 47.6 Å². The van der Waals surface area contributed by atoms with Crippen molar-refractivity contribution in [3.8, 4) is 11.1 Å². The van der Waals surface area contributed by atoms with Gasteiger partial charge in [0.1, 0.15) is 0 Å². The average Bonchev–Trinajstić information content (AvgIpc) is 3.39. The minimum atomic E-state index is -0.429. The Morgan fingerprint density at radius 1 is 0.674 bits per heavy atom. The molecule has 0 radical (unpaired) electrons. The molecule has 1 aliphatic carbocycles. The summed E-state index contributed by atoms with van der Waals surface area (Å²) in [5, 5.41) is 30.9. The number of aliphatic hydroxyl groups excluding tert-OH is 1. The van der Waals surface area contributed by atoms with Crippen LogP contribution >= 0.6 is 0 Å². The van der Waals surface area contributed by atoms with Crippen molar-refractivity contribution >= 4 is 41.2 Å². The Morgan fingerprint density at radius 2 is 1.20 bits per heavy atom. The molecule has 0 aromatic heterocycles. The predicted molar refractivity (Wildman–Crippen MR) is 179 cm³/mol. The lowest BCUT2D eigenvalue weighted by Gasteiger charge is -2.25. The van der Waals surface area contributed by atoms with Crippen LogP contribution in [0.1, 0.15) is 37.0 Å². The predicted octanol–water partition coefficient (Wildman–Crippen LogP) is 4.16. The van der Waals surface area contributed by atoms with Crippen molar-refractivity contribution in [1.82, 2.24) is 26.6 Å². The SMILES string of the molecule is CNC(=O)Nc1ccc2c(c1)Cc1cc(NC(=O)NCC(C)(C)CNC(=O)Nc3ccc(CNC(=O)NCCCO)cc3)ccc1-2. The smallest absolute Gasteiger partial charge is 0.319 e.